The topological polar surface area (TPSA) is 73.1 Å². The molecule has 2 rings (SSSR count). The number of thiophene rings is 1. The summed E-state index contributed by atoms with van der Waals surface area (Å²) in [6, 6.07) is 3.72. The van der Waals surface area contributed by atoms with Crippen LogP contribution in [0.25, 0.3) is 0 Å². The van der Waals surface area contributed by atoms with Crippen molar-refractivity contribution < 1.29 is 9.59 Å². The second kappa shape index (κ2) is 4.77. The smallest absolute Gasteiger partial charge is 0.268 e. The van der Waals surface area contributed by atoms with Gasteiger partial charge in [-0.25, -0.2) is 4.98 Å². The van der Waals surface area contributed by atoms with Gasteiger partial charge < -0.3 is 5.73 Å². The van der Waals surface area contributed by atoms with E-state index >= 15 is 0 Å². The fourth-order valence-electron chi connectivity index (χ4n) is 1.32. The lowest BCUT2D eigenvalue weighted by molar-refractivity contribution is 0.0993. The second-order valence-electron chi connectivity index (χ2n) is 3.49. The first-order valence-electron chi connectivity index (χ1n) is 4.90. The number of hydrogen-bond acceptors (Lipinski definition) is 5. The van der Waals surface area contributed by atoms with Gasteiger partial charge in [0.05, 0.1) is 9.88 Å². The van der Waals surface area contributed by atoms with Gasteiger partial charge in [-0.2, -0.15) is 0 Å². The van der Waals surface area contributed by atoms with Crippen molar-refractivity contribution in [1.29, 1.82) is 0 Å². The highest BCUT2D eigenvalue weighted by atomic mass is 32.1. The minimum absolute atomic E-state index is 0.0678. The molecule has 0 aliphatic heterocycles. The lowest BCUT2D eigenvalue weighted by atomic mass is 10.3. The molecule has 6 heteroatoms. The number of nitrogens with two attached hydrogens (primary N) is 1. The lowest BCUT2D eigenvalue weighted by Crippen LogP contribution is -2.11. The molecule has 0 saturated heterocycles. The Kier molecular flexibility index (Phi) is 3.35. The van der Waals surface area contributed by atoms with Crippen molar-refractivity contribution in [2.75, 3.05) is 0 Å². The number of Topliss-reactive ketones (excluding diaryl/α,β-unsaturated/α-hetero) is 1. The minimum Gasteiger partial charge on any atom is -0.364 e. The Balaban J connectivity index is 2.13. The lowest BCUT2D eigenvalue weighted by Gasteiger charge is -1.91. The molecule has 2 aromatic heterocycles. The van der Waals surface area contributed by atoms with E-state index < -0.39 is 5.91 Å². The maximum Gasteiger partial charge on any atom is 0.268 e. The summed E-state index contributed by atoms with van der Waals surface area (Å²) in [6.45, 7) is 1.55. The van der Waals surface area contributed by atoms with Gasteiger partial charge in [0.25, 0.3) is 5.91 Å². The predicted molar refractivity (Wildman–Crippen MR) is 67.8 cm³/mol. The van der Waals surface area contributed by atoms with Crippen molar-refractivity contribution in [3.63, 3.8) is 0 Å². The van der Waals surface area contributed by atoms with Gasteiger partial charge in [-0.05, 0) is 19.1 Å². The Morgan fingerprint density at radius 2 is 2.18 bits per heavy atom. The molecule has 2 N–H and O–H groups in total. The molecule has 0 unspecified atom stereocenters. The average Bonchev–Trinajstić information content (AvgIpc) is 2.87. The van der Waals surface area contributed by atoms with Crippen molar-refractivity contribution in [2.45, 2.75) is 13.3 Å². The molecule has 88 valence electrons. The van der Waals surface area contributed by atoms with Crippen LogP contribution in [0.5, 0.6) is 0 Å². The highest BCUT2D eigenvalue weighted by Crippen LogP contribution is 2.22. The number of rotatable bonds is 4. The number of aromatic nitrogens is 1. The Bertz CT molecular complexity index is 521. The Hall–Kier alpha value is -1.53. The van der Waals surface area contributed by atoms with Gasteiger partial charge >= 0.3 is 0 Å². The number of amides is 1. The van der Waals surface area contributed by atoms with Gasteiger partial charge in [-0.1, -0.05) is 0 Å². The molecule has 0 bridgehead atoms. The number of hydrogen-bond donors (Lipinski definition) is 1. The van der Waals surface area contributed by atoms with Gasteiger partial charge in [0, 0.05) is 16.7 Å². The van der Waals surface area contributed by atoms with E-state index in [9.17, 15) is 9.59 Å². The van der Waals surface area contributed by atoms with Crippen LogP contribution >= 0.6 is 22.7 Å². The van der Waals surface area contributed by atoms with Crippen molar-refractivity contribution in [3.8, 4) is 0 Å². The van der Waals surface area contributed by atoms with Gasteiger partial charge in [-0.15, -0.1) is 22.7 Å². The van der Waals surface area contributed by atoms with Crippen LogP contribution in [0.2, 0.25) is 0 Å². The molecule has 0 saturated carbocycles. The summed E-state index contributed by atoms with van der Waals surface area (Å²) in [5.74, 6) is -0.443. The van der Waals surface area contributed by atoms with Gasteiger partial charge in [0.2, 0.25) is 0 Å². The highest BCUT2D eigenvalue weighted by Gasteiger charge is 2.09. The quantitative estimate of drug-likeness (QED) is 0.861. The third-order valence-electron chi connectivity index (χ3n) is 2.14. The fraction of sp³-hybridized carbons (Fsp3) is 0.182. The highest BCUT2D eigenvalue weighted by molar-refractivity contribution is 7.14. The first kappa shape index (κ1) is 11.9. The molecule has 0 radical (unpaired) electrons. The number of carbonyl (C=O) groups is 2. The number of nitrogens with zero attached hydrogens (tertiary/aromatic N) is 1. The van der Waals surface area contributed by atoms with E-state index in [0.29, 0.717) is 12.1 Å². The van der Waals surface area contributed by atoms with E-state index in [4.69, 9.17) is 5.73 Å². The summed E-state index contributed by atoms with van der Waals surface area (Å²) in [7, 11) is 0. The van der Waals surface area contributed by atoms with Crippen molar-refractivity contribution >= 4 is 34.4 Å². The third-order valence-corrected chi connectivity index (χ3v) is 4.17. The zero-order valence-electron chi connectivity index (χ0n) is 9.10. The molecule has 2 aromatic rings. The Morgan fingerprint density at radius 3 is 2.71 bits per heavy atom. The van der Waals surface area contributed by atoms with Gasteiger partial charge in [-0.3, -0.25) is 9.59 Å². The van der Waals surface area contributed by atoms with E-state index in [-0.39, 0.29) is 5.78 Å². The first-order chi connectivity index (χ1) is 8.06. The van der Waals surface area contributed by atoms with Crippen LogP contribution in [0, 0.1) is 0 Å². The predicted octanol–water partition coefficient (Wildman–Crippen LogP) is 2.10. The molecule has 0 spiro atoms. The monoisotopic (exact) mass is 266 g/mol. The summed E-state index contributed by atoms with van der Waals surface area (Å²) < 4.78 is 0. The van der Waals surface area contributed by atoms with Crippen LogP contribution in [0.15, 0.2) is 17.5 Å². The third kappa shape index (κ3) is 2.78. The van der Waals surface area contributed by atoms with E-state index in [0.717, 1.165) is 14.8 Å². The van der Waals surface area contributed by atoms with Crippen LogP contribution in [0.3, 0.4) is 0 Å². The normalized spacial score (nSPS) is 10.4. The van der Waals surface area contributed by atoms with E-state index in [1.807, 2.05) is 12.1 Å². The number of ketones is 1. The summed E-state index contributed by atoms with van der Waals surface area (Å²) in [5, 5.41) is 2.48. The summed E-state index contributed by atoms with van der Waals surface area (Å²) in [6.07, 6.45) is 0.635. The van der Waals surface area contributed by atoms with Gasteiger partial charge in [0.1, 0.15) is 5.69 Å². The Labute approximate surface area is 106 Å². The van der Waals surface area contributed by atoms with Crippen LogP contribution in [0.4, 0.5) is 0 Å². The maximum atomic E-state index is 11.1. The molecule has 0 aliphatic rings. The fourth-order valence-corrected chi connectivity index (χ4v) is 3.12. The van der Waals surface area contributed by atoms with Crippen LogP contribution < -0.4 is 5.73 Å². The van der Waals surface area contributed by atoms with Crippen molar-refractivity contribution in [1.82, 2.24) is 4.98 Å². The van der Waals surface area contributed by atoms with E-state index in [1.165, 1.54) is 22.7 Å². The molecule has 2 heterocycles. The zero-order chi connectivity index (χ0) is 12.4. The standard InChI is InChI=1S/C11H10N2O2S2/c1-6(14)9-3-2-7(17-9)4-10-13-8(5-16-10)11(12)15/h2-3,5H,4H2,1H3,(H2,12,15). The van der Waals surface area contributed by atoms with Crippen LogP contribution in [-0.4, -0.2) is 16.7 Å². The number of primary amides is 1. The summed E-state index contributed by atoms with van der Waals surface area (Å²) >= 11 is 2.85. The molecule has 0 atom stereocenters. The van der Waals surface area contributed by atoms with Crippen molar-refractivity contribution in [2.24, 2.45) is 5.73 Å². The first-order valence-corrected chi connectivity index (χ1v) is 6.59. The molecule has 17 heavy (non-hydrogen) atoms. The molecule has 0 aliphatic carbocycles. The van der Waals surface area contributed by atoms with Gasteiger partial charge in [0.15, 0.2) is 5.78 Å². The van der Waals surface area contributed by atoms with E-state index in [1.54, 1.807) is 12.3 Å². The maximum absolute atomic E-state index is 11.1. The molecular formula is C11H10N2O2S2. The zero-order valence-corrected chi connectivity index (χ0v) is 10.7. The largest absolute Gasteiger partial charge is 0.364 e. The summed E-state index contributed by atoms with van der Waals surface area (Å²) in [4.78, 5) is 27.9. The Morgan fingerprint density at radius 1 is 1.41 bits per heavy atom. The van der Waals surface area contributed by atoms with E-state index in [2.05, 4.69) is 4.98 Å². The minimum atomic E-state index is -0.511. The molecular weight excluding hydrogens is 256 g/mol. The molecule has 0 aromatic carbocycles. The van der Waals surface area contributed by atoms with Crippen molar-refractivity contribution in [3.05, 3.63) is 38.0 Å². The van der Waals surface area contributed by atoms with Crippen LogP contribution in [-0.2, 0) is 6.42 Å². The number of carbonyl (C=O) groups excluding carboxylic acids is 2. The average molecular weight is 266 g/mol. The SMILES string of the molecule is CC(=O)c1ccc(Cc2nc(C(N)=O)cs2)s1. The molecule has 0 fully saturated rings. The molecule has 1 amide bonds. The summed E-state index contributed by atoms with van der Waals surface area (Å²) in [5.41, 5.74) is 5.43. The molecule has 4 nitrogen and oxygen atoms in total. The second-order valence-corrected chi connectivity index (χ2v) is 5.60. The number of thiazole rings is 1. The van der Waals surface area contributed by atoms with Crippen LogP contribution in [0.1, 0.15) is 37.0 Å².